The first-order valence-electron chi connectivity index (χ1n) is 8.59. The number of hydrogen-bond donors (Lipinski definition) is 0. The maximum absolute atomic E-state index is 5.84. The third-order valence-corrected chi connectivity index (χ3v) is 4.39. The van der Waals surface area contributed by atoms with E-state index in [1.807, 2.05) is 0 Å². The molecule has 0 atom stereocenters. The number of nitrogens with zero attached hydrogens (tertiary/aromatic N) is 1. The molecule has 0 N–H and O–H groups in total. The molecule has 0 saturated carbocycles. The molecule has 1 aromatic heterocycles. The highest BCUT2D eigenvalue weighted by Gasteiger charge is 2.02. The first kappa shape index (κ1) is 15.7. The van der Waals surface area contributed by atoms with Crippen molar-refractivity contribution in [2.75, 3.05) is 6.61 Å². The van der Waals surface area contributed by atoms with Gasteiger partial charge in [-0.05, 0) is 66.1 Å². The summed E-state index contributed by atoms with van der Waals surface area (Å²) in [6, 6.07) is 17.4. The standard InChI is InChI=1S/C21H25NO/c1-3-17-6-9-20(10-7-17)23-15-5-13-22-14-12-19-16-18(4-2)8-11-21(19)22/h6-12,14,16H,3-5,13,15H2,1-2H3. The van der Waals surface area contributed by atoms with E-state index in [0.717, 1.165) is 38.2 Å². The summed E-state index contributed by atoms with van der Waals surface area (Å²) in [6.07, 6.45) is 5.35. The number of ether oxygens (including phenoxy) is 1. The van der Waals surface area contributed by atoms with Gasteiger partial charge >= 0.3 is 0 Å². The molecule has 2 heteroatoms. The average Bonchev–Trinajstić information content (AvgIpc) is 3.01. The van der Waals surface area contributed by atoms with Crippen LogP contribution >= 0.6 is 0 Å². The van der Waals surface area contributed by atoms with Crippen molar-refractivity contribution in [3.8, 4) is 5.75 Å². The van der Waals surface area contributed by atoms with Gasteiger partial charge in [0.2, 0.25) is 0 Å². The fraction of sp³-hybridized carbons (Fsp3) is 0.333. The third-order valence-electron chi connectivity index (χ3n) is 4.39. The van der Waals surface area contributed by atoms with Crippen molar-refractivity contribution in [1.29, 1.82) is 0 Å². The molecule has 0 amide bonds. The fourth-order valence-electron chi connectivity index (χ4n) is 2.91. The summed E-state index contributed by atoms with van der Waals surface area (Å²) in [5.74, 6) is 0.965. The number of aromatic nitrogens is 1. The molecule has 0 bridgehead atoms. The van der Waals surface area contributed by atoms with Gasteiger partial charge < -0.3 is 9.30 Å². The van der Waals surface area contributed by atoms with Gasteiger partial charge in [-0.1, -0.05) is 32.0 Å². The minimum absolute atomic E-state index is 0.748. The van der Waals surface area contributed by atoms with Gasteiger partial charge in [0.25, 0.3) is 0 Å². The van der Waals surface area contributed by atoms with Crippen molar-refractivity contribution in [3.05, 3.63) is 65.9 Å². The molecule has 120 valence electrons. The zero-order chi connectivity index (χ0) is 16.1. The Morgan fingerprint density at radius 1 is 0.870 bits per heavy atom. The topological polar surface area (TPSA) is 14.2 Å². The van der Waals surface area contributed by atoms with Crippen molar-refractivity contribution >= 4 is 10.9 Å². The minimum atomic E-state index is 0.748. The molecule has 0 aliphatic carbocycles. The van der Waals surface area contributed by atoms with Crippen molar-refractivity contribution in [2.24, 2.45) is 0 Å². The summed E-state index contributed by atoms with van der Waals surface area (Å²) >= 11 is 0. The number of aryl methyl sites for hydroxylation is 3. The van der Waals surface area contributed by atoms with Crippen LogP contribution in [-0.4, -0.2) is 11.2 Å². The molecule has 23 heavy (non-hydrogen) atoms. The molecule has 3 rings (SSSR count). The number of rotatable bonds is 7. The first-order chi connectivity index (χ1) is 11.3. The van der Waals surface area contributed by atoms with Gasteiger partial charge in [-0.2, -0.15) is 0 Å². The highest BCUT2D eigenvalue weighted by Crippen LogP contribution is 2.19. The van der Waals surface area contributed by atoms with E-state index in [1.165, 1.54) is 22.0 Å². The second-order valence-electron chi connectivity index (χ2n) is 5.96. The molecule has 0 spiro atoms. The number of benzene rings is 2. The summed E-state index contributed by atoms with van der Waals surface area (Å²) < 4.78 is 8.16. The highest BCUT2D eigenvalue weighted by molar-refractivity contribution is 5.80. The van der Waals surface area contributed by atoms with Crippen LogP contribution in [0.25, 0.3) is 10.9 Å². The predicted molar refractivity (Wildman–Crippen MR) is 97.2 cm³/mol. The van der Waals surface area contributed by atoms with Crippen LogP contribution in [0.3, 0.4) is 0 Å². The third kappa shape index (κ3) is 3.76. The van der Waals surface area contributed by atoms with Gasteiger partial charge in [0, 0.05) is 18.3 Å². The van der Waals surface area contributed by atoms with Crippen LogP contribution in [0.4, 0.5) is 0 Å². The summed E-state index contributed by atoms with van der Waals surface area (Å²) in [5, 5.41) is 1.33. The van der Waals surface area contributed by atoms with Gasteiger partial charge in [-0.25, -0.2) is 0 Å². The molecular weight excluding hydrogens is 282 g/mol. The molecular formula is C21H25NO. The van der Waals surface area contributed by atoms with Crippen LogP contribution in [0, 0.1) is 0 Å². The van der Waals surface area contributed by atoms with Crippen molar-refractivity contribution < 1.29 is 4.74 Å². The van der Waals surface area contributed by atoms with Gasteiger partial charge in [0.15, 0.2) is 0 Å². The SMILES string of the molecule is CCc1ccc(OCCCn2ccc3cc(CC)ccc32)cc1. The van der Waals surface area contributed by atoms with Gasteiger partial charge in [0.1, 0.15) is 5.75 Å². The first-order valence-corrected chi connectivity index (χ1v) is 8.59. The molecule has 0 unspecified atom stereocenters. The maximum atomic E-state index is 5.84. The summed E-state index contributed by atoms with van der Waals surface area (Å²) in [5.41, 5.74) is 4.06. The van der Waals surface area contributed by atoms with E-state index in [4.69, 9.17) is 4.74 Å². The Hall–Kier alpha value is -2.22. The molecule has 1 heterocycles. The van der Waals surface area contributed by atoms with E-state index in [0.29, 0.717) is 0 Å². The maximum Gasteiger partial charge on any atom is 0.119 e. The van der Waals surface area contributed by atoms with Crippen LogP contribution in [0.5, 0.6) is 5.75 Å². The lowest BCUT2D eigenvalue weighted by Gasteiger charge is -2.09. The molecule has 2 aromatic carbocycles. The van der Waals surface area contributed by atoms with Crippen LogP contribution in [0.1, 0.15) is 31.4 Å². The highest BCUT2D eigenvalue weighted by atomic mass is 16.5. The fourth-order valence-corrected chi connectivity index (χ4v) is 2.91. The Bertz CT molecular complexity index is 755. The molecule has 2 nitrogen and oxygen atoms in total. The molecule has 0 radical (unpaired) electrons. The lowest BCUT2D eigenvalue weighted by Crippen LogP contribution is -2.03. The second-order valence-corrected chi connectivity index (χ2v) is 5.96. The van der Waals surface area contributed by atoms with E-state index in [2.05, 4.69) is 73.1 Å². The zero-order valence-corrected chi connectivity index (χ0v) is 14.1. The van der Waals surface area contributed by atoms with E-state index < -0.39 is 0 Å². The molecule has 0 fully saturated rings. The Labute approximate surface area is 138 Å². The van der Waals surface area contributed by atoms with Crippen LogP contribution in [0.15, 0.2) is 54.7 Å². The second kappa shape index (κ2) is 7.36. The lowest BCUT2D eigenvalue weighted by atomic mass is 10.1. The number of hydrogen-bond acceptors (Lipinski definition) is 1. The van der Waals surface area contributed by atoms with Crippen molar-refractivity contribution in [3.63, 3.8) is 0 Å². The van der Waals surface area contributed by atoms with Crippen LogP contribution in [0.2, 0.25) is 0 Å². The largest absolute Gasteiger partial charge is 0.494 e. The zero-order valence-electron chi connectivity index (χ0n) is 14.1. The Morgan fingerprint density at radius 3 is 2.35 bits per heavy atom. The number of fused-ring (bicyclic) bond motifs is 1. The Balaban J connectivity index is 1.54. The molecule has 0 saturated heterocycles. The smallest absolute Gasteiger partial charge is 0.119 e. The van der Waals surface area contributed by atoms with Gasteiger partial charge in [-0.3, -0.25) is 0 Å². The monoisotopic (exact) mass is 307 g/mol. The summed E-state index contributed by atoms with van der Waals surface area (Å²) in [4.78, 5) is 0. The Morgan fingerprint density at radius 2 is 1.61 bits per heavy atom. The normalized spacial score (nSPS) is 11.0. The lowest BCUT2D eigenvalue weighted by molar-refractivity contribution is 0.302. The van der Waals surface area contributed by atoms with Crippen molar-refractivity contribution in [2.45, 2.75) is 39.7 Å². The van der Waals surface area contributed by atoms with E-state index in [1.54, 1.807) is 0 Å². The average molecular weight is 307 g/mol. The quantitative estimate of drug-likeness (QED) is 0.545. The van der Waals surface area contributed by atoms with E-state index >= 15 is 0 Å². The molecule has 3 aromatic rings. The van der Waals surface area contributed by atoms with Gasteiger partial charge in [0.05, 0.1) is 6.61 Å². The predicted octanol–water partition coefficient (Wildman–Crippen LogP) is 5.24. The van der Waals surface area contributed by atoms with E-state index in [-0.39, 0.29) is 0 Å². The summed E-state index contributed by atoms with van der Waals surface area (Å²) in [7, 11) is 0. The van der Waals surface area contributed by atoms with Crippen molar-refractivity contribution in [1.82, 2.24) is 4.57 Å². The van der Waals surface area contributed by atoms with Gasteiger partial charge in [-0.15, -0.1) is 0 Å². The summed E-state index contributed by atoms with van der Waals surface area (Å²) in [6.45, 7) is 6.10. The minimum Gasteiger partial charge on any atom is -0.494 e. The van der Waals surface area contributed by atoms with Crippen LogP contribution < -0.4 is 4.74 Å². The van der Waals surface area contributed by atoms with Crippen LogP contribution in [-0.2, 0) is 19.4 Å². The molecule has 0 aliphatic heterocycles. The Kier molecular flexibility index (Phi) is 5.02. The van der Waals surface area contributed by atoms with E-state index in [9.17, 15) is 0 Å². The molecule has 0 aliphatic rings.